The Bertz CT molecular complexity index is 786. The van der Waals surface area contributed by atoms with E-state index in [0.717, 1.165) is 10.7 Å². The van der Waals surface area contributed by atoms with Crippen LogP contribution in [0.4, 0.5) is 17.6 Å². The van der Waals surface area contributed by atoms with Crippen LogP contribution in [0.2, 0.25) is 0 Å². The molecule has 128 valence electrons. The zero-order chi connectivity index (χ0) is 17.7. The summed E-state index contributed by atoms with van der Waals surface area (Å²) in [6, 6.07) is 2.96. The standard InChI is InChI=1S/C16H15F4N3O/c1-15(2)13(16(15,19)20)7-21-14(24)9-6-22-23(8-9)12-4-3-10(17)5-11(12)18/h3-6,8,13H,7H2,1-2H3,(H,21,24). The monoisotopic (exact) mass is 341 g/mol. The van der Waals surface area contributed by atoms with Gasteiger partial charge in [-0.3, -0.25) is 4.79 Å². The molecule has 0 radical (unpaired) electrons. The van der Waals surface area contributed by atoms with Crippen molar-refractivity contribution >= 4 is 5.91 Å². The maximum Gasteiger partial charge on any atom is 0.258 e. The van der Waals surface area contributed by atoms with Gasteiger partial charge in [0.1, 0.15) is 11.5 Å². The number of rotatable bonds is 4. The molecule has 3 rings (SSSR count). The molecule has 1 aliphatic carbocycles. The molecule has 1 aromatic carbocycles. The molecule has 0 bridgehead atoms. The molecule has 1 atom stereocenters. The van der Waals surface area contributed by atoms with Crippen molar-refractivity contribution in [3.05, 3.63) is 47.8 Å². The minimum Gasteiger partial charge on any atom is -0.351 e. The van der Waals surface area contributed by atoms with Gasteiger partial charge in [0.25, 0.3) is 11.8 Å². The molecule has 0 aliphatic heterocycles. The second kappa shape index (κ2) is 5.32. The lowest BCUT2D eigenvalue weighted by molar-refractivity contribution is 0.0661. The molecule has 0 spiro atoms. The van der Waals surface area contributed by atoms with Crippen molar-refractivity contribution in [2.75, 3.05) is 6.54 Å². The van der Waals surface area contributed by atoms with Crippen LogP contribution in [0.25, 0.3) is 5.69 Å². The summed E-state index contributed by atoms with van der Waals surface area (Å²) in [7, 11) is 0. The lowest BCUT2D eigenvalue weighted by atomic mass is 10.1. The Morgan fingerprint density at radius 1 is 1.33 bits per heavy atom. The van der Waals surface area contributed by atoms with E-state index in [1.165, 1.54) is 32.3 Å². The zero-order valence-electron chi connectivity index (χ0n) is 13.0. The Morgan fingerprint density at radius 2 is 2.00 bits per heavy atom. The van der Waals surface area contributed by atoms with Gasteiger partial charge in [0, 0.05) is 24.2 Å². The minimum atomic E-state index is -2.80. The number of nitrogens with zero attached hydrogens (tertiary/aromatic N) is 2. The van der Waals surface area contributed by atoms with Gasteiger partial charge in [-0.05, 0) is 12.1 Å². The first-order chi connectivity index (χ1) is 11.1. The Kier molecular flexibility index (Phi) is 3.65. The molecule has 0 saturated heterocycles. The molecule has 24 heavy (non-hydrogen) atoms. The van der Waals surface area contributed by atoms with Crippen LogP contribution in [-0.2, 0) is 0 Å². The van der Waals surface area contributed by atoms with E-state index in [1.807, 2.05) is 0 Å². The van der Waals surface area contributed by atoms with Crippen LogP contribution in [-0.4, -0.2) is 28.2 Å². The fraction of sp³-hybridized carbons (Fsp3) is 0.375. The number of hydrogen-bond acceptors (Lipinski definition) is 2. The van der Waals surface area contributed by atoms with Crippen LogP contribution >= 0.6 is 0 Å². The van der Waals surface area contributed by atoms with Gasteiger partial charge >= 0.3 is 0 Å². The Hall–Kier alpha value is -2.38. The third-order valence-corrected chi connectivity index (χ3v) is 4.55. The van der Waals surface area contributed by atoms with Crippen molar-refractivity contribution < 1.29 is 22.4 Å². The summed E-state index contributed by atoms with van der Waals surface area (Å²) in [6.07, 6.45) is 2.44. The molecule has 8 heteroatoms. The number of amides is 1. The van der Waals surface area contributed by atoms with Gasteiger partial charge in [-0.15, -0.1) is 0 Å². The van der Waals surface area contributed by atoms with E-state index >= 15 is 0 Å². The van der Waals surface area contributed by atoms with E-state index in [1.54, 1.807) is 0 Å². The van der Waals surface area contributed by atoms with E-state index in [0.29, 0.717) is 6.07 Å². The lowest BCUT2D eigenvalue weighted by Crippen LogP contribution is -2.27. The van der Waals surface area contributed by atoms with Crippen LogP contribution in [0, 0.1) is 23.0 Å². The number of carbonyl (C=O) groups is 1. The molecule has 2 aromatic rings. The molecule has 1 amide bonds. The van der Waals surface area contributed by atoms with Crippen molar-refractivity contribution in [2.45, 2.75) is 19.8 Å². The molecule has 1 unspecified atom stereocenters. The van der Waals surface area contributed by atoms with E-state index in [9.17, 15) is 22.4 Å². The van der Waals surface area contributed by atoms with Gasteiger partial charge < -0.3 is 5.32 Å². The predicted molar refractivity (Wildman–Crippen MR) is 78.0 cm³/mol. The van der Waals surface area contributed by atoms with Gasteiger partial charge in [0.05, 0.1) is 17.7 Å². The number of benzene rings is 1. The quantitative estimate of drug-likeness (QED) is 0.869. The molecule has 1 N–H and O–H groups in total. The second-order valence-corrected chi connectivity index (χ2v) is 6.38. The summed E-state index contributed by atoms with van der Waals surface area (Å²) in [6.45, 7) is 2.73. The van der Waals surface area contributed by atoms with Crippen LogP contribution < -0.4 is 5.32 Å². The molecular formula is C16H15F4N3O. The van der Waals surface area contributed by atoms with Crippen LogP contribution in [0.5, 0.6) is 0 Å². The Balaban J connectivity index is 1.68. The minimum absolute atomic E-state index is 0.0229. The topological polar surface area (TPSA) is 46.9 Å². The Labute approximate surface area is 135 Å². The average molecular weight is 341 g/mol. The third-order valence-electron chi connectivity index (χ3n) is 4.55. The second-order valence-electron chi connectivity index (χ2n) is 6.38. The van der Waals surface area contributed by atoms with Crippen molar-refractivity contribution in [2.24, 2.45) is 11.3 Å². The van der Waals surface area contributed by atoms with E-state index < -0.39 is 34.8 Å². The van der Waals surface area contributed by atoms with E-state index in [4.69, 9.17) is 0 Å². The number of hydrogen-bond donors (Lipinski definition) is 1. The highest BCUT2D eigenvalue weighted by atomic mass is 19.3. The van der Waals surface area contributed by atoms with Crippen molar-refractivity contribution in [3.8, 4) is 5.69 Å². The van der Waals surface area contributed by atoms with Crippen molar-refractivity contribution in [1.29, 1.82) is 0 Å². The lowest BCUT2D eigenvalue weighted by Gasteiger charge is -2.04. The fourth-order valence-corrected chi connectivity index (χ4v) is 2.68. The zero-order valence-corrected chi connectivity index (χ0v) is 13.0. The predicted octanol–water partition coefficient (Wildman–Crippen LogP) is 3.17. The van der Waals surface area contributed by atoms with Crippen LogP contribution in [0.3, 0.4) is 0 Å². The molecular weight excluding hydrogens is 326 g/mol. The summed E-state index contributed by atoms with van der Waals surface area (Å²) in [5.74, 6) is -5.86. The van der Waals surface area contributed by atoms with Crippen molar-refractivity contribution in [1.82, 2.24) is 15.1 Å². The number of carbonyl (C=O) groups excluding carboxylic acids is 1. The maximum atomic E-state index is 13.7. The summed E-state index contributed by atoms with van der Waals surface area (Å²) in [5, 5.41) is 6.28. The first-order valence-electron chi connectivity index (χ1n) is 7.30. The van der Waals surface area contributed by atoms with Gasteiger partial charge in [-0.1, -0.05) is 13.8 Å². The summed E-state index contributed by atoms with van der Waals surface area (Å²) < 4.78 is 54.7. The highest BCUT2D eigenvalue weighted by molar-refractivity contribution is 5.93. The normalized spacial score (nSPS) is 20.7. The molecule has 4 nitrogen and oxygen atoms in total. The molecule has 1 heterocycles. The van der Waals surface area contributed by atoms with Gasteiger partial charge in [-0.2, -0.15) is 5.10 Å². The largest absolute Gasteiger partial charge is 0.351 e. The van der Waals surface area contributed by atoms with Crippen LogP contribution in [0.1, 0.15) is 24.2 Å². The summed E-state index contributed by atoms with van der Waals surface area (Å²) in [4.78, 5) is 12.0. The smallest absolute Gasteiger partial charge is 0.258 e. The number of nitrogens with one attached hydrogen (secondary N) is 1. The fourth-order valence-electron chi connectivity index (χ4n) is 2.68. The average Bonchev–Trinajstić information content (AvgIpc) is 2.86. The maximum absolute atomic E-state index is 13.7. The van der Waals surface area contributed by atoms with Gasteiger partial charge in [0.2, 0.25) is 0 Å². The van der Waals surface area contributed by atoms with Gasteiger partial charge in [-0.25, -0.2) is 22.2 Å². The Morgan fingerprint density at radius 3 is 2.58 bits per heavy atom. The highest BCUT2D eigenvalue weighted by Gasteiger charge is 2.74. The number of halogens is 4. The first-order valence-corrected chi connectivity index (χ1v) is 7.30. The van der Waals surface area contributed by atoms with Gasteiger partial charge in [0.15, 0.2) is 5.82 Å². The molecule has 1 aromatic heterocycles. The molecule has 1 saturated carbocycles. The van der Waals surface area contributed by atoms with E-state index in [-0.39, 0.29) is 17.8 Å². The number of alkyl halides is 2. The summed E-state index contributed by atoms with van der Waals surface area (Å²) >= 11 is 0. The molecule has 1 fully saturated rings. The van der Waals surface area contributed by atoms with Crippen molar-refractivity contribution in [3.63, 3.8) is 0 Å². The third kappa shape index (κ3) is 2.55. The van der Waals surface area contributed by atoms with E-state index in [2.05, 4.69) is 10.4 Å². The first kappa shape index (κ1) is 16.5. The SMILES string of the molecule is CC1(C)C(CNC(=O)c2cnn(-c3ccc(F)cc3F)c2)C1(F)F. The highest BCUT2D eigenvalue weighted by Crippen LogP contribution is 2.65. The molecule has 1 aliphatic rings. The number of aromatic nitrogens is 2. The summed E-state index contributed by atoms with van der Waals surface area (Å²) in [5.41, 5.74) is -1.06. The van der Waals surface area contributed by atoms with Crippen LogP contribution in [0.15, 0.2) is 30.6 Å².